The summed E-state index contributed by atoms with van der Waals surface area (Å²) in [7, 11) is 1.43. The van der Waals surface area contributed by atoms with Gasteiger partial charge < -0.3 is 14.0 Å². The normalized spacial score (nSPS) is 13.7. The summed E-state index contributed by atoms with van der Waals surface area (Å²) in [6.07, 6.45) is 3.18. The zero-order valence-electron chi connectivity index (χ0n) is 17.6. The zero-order chi connectivity index (χ0) is 21.8. The standard InChI is InChI=1S/C23H25F2N3O3/c1-3-15-4-7-17(8-5-15)22-26-21(31-27-22)14-28(18-9-10-18)13-16-6-11-19(30-23(24)25)20(12-16)29-2/h4-8,11-12,18,23H,3,9-10,13-14H2,1-2H3. The Bertz CT molecular complexity index is 1000. The Morgan fingerprint density at radius 1 is 1.06 bits per heavy atom. The molecule has 0 amide bonds. The van der Waals surface area contributed by atoms with E-state index in [2.05, 4.69) is 38.8 Å². The maximum absolute atomic E-state index is 12.6. The van der Waals surface area contributed by atoms with Gasteiger partial charge in [0, 0.05) is 18.2 Å². The van der Waals surface area contributed by atoms with Crippen molar-refractivity contribution in [3.63, 3.8) is 0 Å². The third-order valence-electron chi connectivity index (χ3n) is 5.32. The van der Waals surface area contributed by atoms with Gasteiger partial charge in [0.15, 0.2) is 11.5 Å². The number of hydrogen-bond donors (Lipinski definition) is 0. The fourth-order valence-corrected chi connectivity index (χ4v) is 3.49. The second kappa shape index (κ2) is 9.43. The number of hydrogen-bond acceptors (Lipinski definition) is 6. The predicted octanol–water partition coefficient (Wildman–Crippen LogP) is 5.07. The Morgan fingerprint density at radius 3 is 2.45 bits per heavy atom. The summed E-state index contributed by atoms with van der Waals surface area (Å²) in [6.45, 7) is 0.344. The van der Waals surface area contributed by atoms with E-state index in [4.69, 9.17) is 9.26 Å². The van der Waals surface area contributed by atoms with Crippen molar-refractivity contribution in [2.24, 2.45) is 0 Å². The minimum Gasteiger partial charge on any atom is -0.493 e. The highest BCUT2D eigenvalue weighted by Crippen LogP contribution is 2.33. The van der Waals surface area contributed by atoms with Gasteiger partial charge in [-0.2, -0.15) is 13.8 Å². The number of alkyl halides is 2. The molecule has 0 aliphatic heterocycles. The molecule has 0 saturated heterocycles. The van der Waals surface area contributed by atoms with E-state index >= 15 is 0 Å². The van der Waals surface area contributed by atoms with E-state index in [1.54, 1.807) is 12.1 Å². The van der Waals surface area contributed by atoms with Crippen molar-refractivity contribution in [2.45, 2.75) is 51.9 Å². The summed E-state index contributed by atoms with van der Waals surface area (Å²) >= 11 is 0. The first kappa shape index (κ1) is 21.2. The molecule has 8 heteroatoms. The summed E-state index contributed by atoms with van der Waals surface area (Å²) in [5.74, 6) is 1.42. The van der Waals surface area contributed by atoms with Crippen LogP contribution in [0.5, 0.6) is 11.5 Å². The van der Waals surface area contributed by atoms with Crippen LogP contribution in [0.1, 0.15) is 36.8 Å². The number of methoxy groups -OCH3 is 1. The lowest BCUT2D eigenvalue weighted by atomic mass is 10.1. The van der Waals surface area contributed by atoms with Crippen LogP contribution in [0.25, 0.3) is 11.4 Å². The Balaban J connectivity index is 1.46. The van der Waals surface area contributed by atoms with Crippen molar-refractivity contribution in [3.05, 3.63) is 59.5 Å². The topological polar surface area (TPSA) is 60.6 Å². The van der Waals surface area contributed by atoms with Crippen LogP contribution >= 0.6 is 0 Å². The summed E-state index contributed by atoms with van der Waals surface area (Å²) in [6, 6.07) is 13.6. The molecule has 1 saturated carbocycles. The smallest absolute Gasteiger partial charge is 0.387 e. The van der Waals surface area contributed by atoms with Crippen molar-refractivity contribution in [1.82, 2.24) is 15.0 Å². The van der Waals surface area contributed by atoms with Crippen LogP contribution in [-0.4, -0.2) is 34.8 Å². The fraction of sp³-hybridized carbons (Fsp3) is 0.391. The molecule has 0 N–H and O–H groups in total. The van der Waals surface area contributed by atoms with Gasteiger partial charge >= 0.3 is 6.61 Å². The molecule has 4 rings (SSSR count). The van der Waals surface area contributed by atoms with Gasteiger partial charge in [0.2, 0.25) is 11.7 Å². The second-order valence-corrected chi connectivity index (χ2v) is 7.56. The average Bonchev–Trinajstić information content (AvgIpc) is 3.52. The second-order valence-electron chi connectivity index (χ2n) is 7.56. The highest BCUT2D eigenvalue weighted by Gasteiger charge is 2.30. The Kier molecular flexibility index (Phi) is 6.46. The number of aromatic nitrogens is 2. The lowest BCUT2D eigenvalue weighted by Crippen LogP contribution is -2.25. The summed E-state index contributed by atoms with van der Waals surface area (Å²) < 4.78 is 40.3. The van der Waals surface area contributed by atoms with Crippen molar-refractivity contribution in [2.75, 3.05) is 7.11 Å². The first-order valence-electron chi connectivity index (χ1n) is 10.3. The van der Waals surface area contributed by atoms with Crippen molar-refractivity contribution in [3.8, 4) is 22.9 Å². The van der Waals surface area contributed by atoms with E-state index < -0.39 is 6.61 Å². The SMILES string of the molecule is CCc1ccc(-c2noc(CN(Cc3ccc(OC(F)F)c(OC)c3)C3CC3)n2)cc1. The van der Waals surface area contributed by atoms with Gasteiger partial charge in [0.25, 0.3) is 0 Å². The third-order valence-corrected chi connectivity index (χ3v) is 5.32. The summed E-state index contributed by atoms with van der Waals surface area (Å²) in [4.78, 5) is 6.81. The van der Waals surface area contributed by atoms with Crippen LogP contribution in [0.2, 0.25) is 0 Å². The van der Waals surface area contributed by atoms with Crippen LogP contribution in [0.15, 0.2) is 47.0 Å². The number of halogens is 2. The minimum absolute atomic E-state index is 0.0230. The van der Waals surface area contributed by atoms with Crippen LogP contribution in [0.4, 0.5) is 8.78 Å². The van der Waals surface area contributed by atoms with E-state index in [0.717, 1.165) is 30.4 Å². The largest absolute Gasteiger partial charge is 0.493 e. The molecule has 31 heavy (non-hydrogen) atoms. The number of ether oxygens (including phenoxy) is 2. The highest BCUT2D eigenvalue weighted by molar-refractivity contribution is 5.54. The highest BCUT2D eigenvalue weighted by atomic mass is 19.3. The maximum Gasteiger partial charge on any atom is 0.387 e. The summed E-state index contributed by atoms with van der Waals surface area (Å²) in [5.41, 5.74) is 3.11. The molecule has 0 unspecified atom stereocenters. The van der Waals surface area contributed by atoms with Crippen LogP contribution in [0, 0.1) is 0 Å². The van der Waals surface area contributed by atoms with Crippen LogP contribution < -0.4 is 9.47 Å². The molecule has 1 aliphatic rings. The number of rotatable bonds is 10. The molecule has 1 aromatic heterocycles. The van der Waals surface area contributed by atoms with Crippen molar-refractivity contribution in [1.29, 1.82) is 0 Å². The zero-order valence-corrected chi connectivity index (χ0v) is 17.6. The molecule has 0 bridgehead atoms. The molecule has 1 fully saturated rings. The van der Waals surface area contributed by atoms with Gasteiger partial charge in [-0.05, 0) is 42.5 Å². The van der Waals surface area contributed by atoms with E-state index in [9.17, 15) is 8.78 Å². The summed E-state index contributed by atoms with van der Waals surface area (Å²) in [5, 5.41) is 4.13. The number of nitrogens with zero attached hydrogens (tertiary/aromatic N) is 3. The molecule has 164 valence electrons. The number of aryl methyl sites for hydroxylation is 1. The molecule has 0 spiro atoms. The molecule has 3 aromatic rings. The molecule has 2 aromatic carbocycles. The van der Waals surface area contributed by atoms with E-state index in [1.807, 2.05) is 12.1 Å². The Hall–Kier alpha value is -3.00. The van der Waals surface area contributed by atoms with Crippen LogP contribution in [0.3, 0.4) is 0 Å². The molecule has 0 atom stereocenters. The maximum atomic E-state index is 12.6. The average molecular weight is 429 g/mol. The molecular formula is C23H25F2N3O3. The van der Waals surface area contributed by atoms with Crippen molar-refractivity contribution >= 4 is 0 Å². The van der Waals surface area contributed by atoms with Gasteiger partial charge in [0.05, 0.1) is 13.7 Å². The molecule has 1 heterocycles. The van der Waals surface area contributed by atoms with E-state index in [-0.39, 0.29) is 11.5 Å². The molecule has 6 nitrogen and oxygen atoms in total. The van der Waals surface area contributed by atoms with Gasteiger partial charge in [-0.3, -0.25) is 4.90 Å². The third kappa shape index (κ3) is 5.38. The van der Waals surface area contributed by atoms with E-state index in [1.165, 1.54) is 18.7 Å². The lowest BCUT2D eigenvalue weighted by Gasteiger charge is -2.20. The van der Waals surface area contributed by atoms with Crippen LogP contribution in [-0.2, 0) is 19.5 Å². The van der Waals surface area contributed by atoms with Crippen molar-refractivity contribution < 1.29 is 22.8 Å². The first-order chi connectivity index (χ1) is 15.1. The fourth-order valence-electron chi connectivity index (χ4n) is 3.49. The Labute approximate surface area is 179 Å². The minimum atomic E-state index is -2.90. The van der Waals surface area contributed by atoms with Gasteiger partial charge in [-0.25, -0.2) is 0 Å². The van der Waals surface area contributed by atoms with E-state index in [0.29, 0.717) is 30.8 Å². The molecule has 1 aliphatic carbocycles. The lowest BCUT2D eigenvalue weighted by molar-refractivity contribution is -0.0512. The van der Waals surface area contributed by atoms with Gasteiger partial charge in [-0.15, -0.1) is 0 Å². The quantitative estimate of drug-likeness (QED) is 0.448. The Morgan fingerprint density at radius 2 is 1.81 bits per heavy atom. The molecule has 0 radical (unpaired) electrons. The monoisotopic (exact) mass is 429 g/mol. The molecular weight excluding hydrogens is 404 g/mol. The van der Waals surface area contributed by atoms with Gasteiger partial charge in [-0.1, -0.05) is 42.4 Å². The first-order valence-corrected chi connectivity index (χ1v) is 10.3. The number of benzene rings is 2. The predicted molar refractivity (Wildman–Crippen MR) is 111 cm³/mol. The van der Waals surface area contributed by atoms with Gasteiger partial charge in [0.1, 0.15) is 0 Å².